The summed E-state index contributed by atoms with van der Waals surface area (Å²) in [5, 5.41) is 0. The molecule has 2 nitrogen and oxygen atoms in total. The fourth-order valence-corrected chi connectivity index (χ4v) is 6.21. The van der Waals surface area contributed by atoms with Crippen LogP contribution in [0.15, 0.2) is 66.4 Å². The van der Waals surface area contributed by atoms with E-state index in [1.807, 2.05) is 0 Å². The van der Waals surface area contributed by atoms with Crippen LogP contribution in [0.2, 0.25) is 0 Å². The second-order valence-corrected chi connectivity index (χ2v) is 13.0. The lowest BCUT2D eigenvalue weighted by molar-refractivity contribution is 0.556. The summed E-state index contributed by atoms with van der Waals surface area (Å²) >= 11 is 0. The first kappa shape index (κ1) is 35.2. The van der Waals surface area contributed by atoms with Crippen molar-refractivity contribution in [3.05, 3.63) is 88.6 Å². The van der Waals surface area contributed by atoms with Crippen LogP contribution in [0.4, 0.5) is 0 Å². The largest absolute Gasteiger partial charge is 0.321 e. The zero-order valence-corrected chi connectivity index (χ0v) is 28.0. The van der Waals surface area contributed by atoms with E-state index in [-0.39, 0.29) is 6.04 Å². The van der Waals surface area contributed by atoms with Crippen LogP contribution in [0.5, 0.6) is 0 Å². The number of hydrogen-bond donors (Lipinski definition) is 2. The third-order valence-electron chi connectivity index (χ3n) is 9.13. The van der Waals surface area contributed by atoms with E-state index in [2.05, 4.69) is 91.5 Å². The highest BCUT2D eigenvalue weighted by Crippen LogP contribution is 2.22. The molecule has 0 bridgehead atoms. The highest BCUT2D eigenvalue weighted by atomic mass is 15.4. The van der Waals surface area contributed by atoms with Gasteiger partial charge in [0.1, 0.15) is 0 Å². The first-order valence-corrected chi connectivity index (χ1v) is 18.4. The quantitative estimate of drug-likeness (QED) is 0.113. The van der Waals surface area contributed by atoms with E-state index in [4.69, 9.17) is 0 Å². The Labute approximate surface area is 266 Å². The number of unbranched alkanes of at least 4 members (excludes halogenated alkanes) is 18. The molecule has 0 fully saturated rings. The molecular formula is C41H64N2. The molecule has 1 heterocycles. The van der Waals surface area contributed by atoms with Crippen molar-refractivity contribution in [1.82, 2.24) is 10.9 Å². The summed E-state index contributed by atoms with van der Waals surface area (Å²) in [5.41, 5.74) is 13.4. The van der Waals surface area contributed by atoms with Crippen LogP contribution in [-0.4, -0.2) is 0 Å². The van der Waals surface area contributed by atoms with Gasteiger partial charge in [0.05, 0.1) is 6.04 Å². The molecule has 0 saturated carbocycles. The third-order valence-corrected chi connectivity index (χ3v) is 9.13. The molecule has 1 aliphatic rings. The lowest BCUT2D eigenvalue weighted by Crippen LogP contribution is -2.26. The normalized spacial score (nSPS) is 14.8. The molecule has 0 aromatic heterocycles. The molecule has 0 spiro atoms. The maximum atomic E-state index is 3.43. The third kappa shape index (κ3) is 15.8. The van der Waals surface area contributed by atoms with E-state index in [1.54, 1.807) is 0 Å². The van der Waals surface area contributed by atoms with Crippen LogP contribution in [0, 0.1) is 0 Å². The van der Waals surface area contributed by atoms with Crippen molar-refractivity contribution in [2.45, 2.75) is 161 Å². The minimum absolute atomic E-state index is 0.217. The van der Waals surface area contributed by atoms with E-state index in [0.29, 0.717) is 0 Å². The molecule has 238 valence electrons. The van der Waals surface area contributed by atoms with Gasteiger partial charge in [-0.2, -0.15) is 0 Å². The molecule has 0 amide bonds. The highest BCUT2D eigenvalue weighted by molar-refractivity contribution is 5.53. The molecule has 2 aromatic carbocycles. The van der Waals surface area contributed by atoms with Gasteiger partial charge in [0.2, 0.25) is 0 Å². The Kier molecular flexibility index (Phi) is 18.9. The maximum Gasteiger partial charge on any atom is 0.0714 e. The number of allylic oxidation sites excluding steroid dienone is 1. The van der Waals surface area contributed by atoms with Gasteiger partial charge in [0.25, 0.3) is 0 Å². The van der Waals surface area contributed by atoms with Crippen LogP contribution in [0.25, 0.3) is 6.08 Å². The highest BCUT2D eigenvalue weighted by Gasteiger charge is 2.14. The van der Waals surface area contributed by atoms with Crippen molar-refractivity contribution in [3.8, 4) is 0 Å². The molecule has 0 saturated heterocycles. The lowest BCUT2D eigenvalue weighted by Gasteiger charge is -2.10. The number of hydrazine groups is 1. The number of aryl methyl sites for hydroxylation is 2. The molecular weight excluding hydrogens is 520 g/mol. The van der Waals surface area contributed by atoms with Gasteiger partial charge in [0.15, 0.2) is 0 Å². The average molecular weight is 585 g/mol. The molecule has 1 aliphatic heterocycles. The Morgan fingerprint density at radius 1 is 0.488 bits per heavy atom. The van der Waals surface area contributed by atoms with Crippen molar-refractivity contribution >= 4 is 6.08 Å². The predicted molar refractivity (Wildman–Crippen MR) is 190 cm³/mol. The summed E-state index contributed by atoms with van der Waals surface area (Å²) in [7, 11) is 0. The van der Waals surface area contributed by atoms with Crippen LogP contribution in [-0.2, 0) is 12.8 Å². The summed E-state index contributed by atoms with van der Waals surface area (Å²) in [4.78, 5) is 0. The summed E-state index contributed by atoms with van der Waals surface area (Å²) in [6.45, 7) is 4.59. The molecule has 2 aromatic rings. The van der Waals surface area contributed by atoms with Gasteiger partial charge >= 0.3 is 0 Å². The predicted octanol–water partition coefficient (Wildman–Crippen LogP) is 12.4. The molecule has 43 heavy (non-hydrogen) atoms. The monoisotopic (exact) mass is 585 g/mol. The van der Waals surface area contributed by atoms with Crippen molar-refractivity contribution in [1.29, 1.82) is 0 Å². The fourth-order valence-electron chi connectivity index (χ4n) is 6.21. The van der Waals surface area contributed by atoms with Crippen LogP contribution in [0.3, 0.4) is 0 Å². The van der Waals surface area contributed by atoms with Crippen molar-refractivity contribution in [2.24, 2.45) is 0 Å². The standard InChI is InChI=1S/C41H64N2/c1-3-5-7-9-11-13-15-17-19-21-23-36-25-27-38(28-26-36)31-34-40-35-41(43-42-40)39-32-29-37(30-33-39)24-22-20-18-16-14-12-10-8-6-4-2/h25-35,41-43H,3-24H2,1-2H3. The van der Waals surface area contributed by atoms with Crippen LogP contribution < -0.4 is 10.9 Å². The maximum absolute atomic E-state index is 3.43. The van der Waals surface area contributed by atoms with E-state index in [0.717, 1.165) is 5.70 Å². The molecule has 0 aliphatic carbocycles. The number of rotatable bonds is 25. The van der Waals surface area contributed by atoms with E-state index < -0.39 is 0 Å². The van der Waals surface area contributed by atoms with Gasteiger partial charge in [-0.15, -0.1) is 0 Å². The van der Waals surface area contributed by atoms with Crippen LogP contribution >= 0.6 is 0 Å². The number of benzene rings is 2. The van der Waals surface area contributed by atoms with E-state index in [9.17, 15) is 0 Å². The zero-order chi connectivity index (χ0) is 30.2. The Morgan fingerprint density at radius 3 is 1.37 bits per heavy atom. The van der Waals surface area contributed by atoms with Gasteiger partial charge in [0, 0.05) is 5.70 Å². The van der Waals surface area contributed by atoms with Crippen molar-refractivity contribution in [2.75, 3.05) is 0 Å². The SMILES string of the molecule is CCCCCCCCCCCCc1ccc(C=CC2=CC(c3ccc(CCCCCCCCCCCC)cc3)NN2)cc1. The van der Waals surface area contributed by atoms with E-state index in [1.165, 1.54) is 164 Å². The minimum Gasteiger partial charge on any atom is -0.321 e. The van der Waals surface area contributed by atoms with Gasteiger partial charge in [-0.1, -0.05) is 184 Å². The molecule has 2 heteroatoms. The summed E-state index contributed by atoms with van der Waals surface area (Å²) in [6, 6.07) is 18.6. The summed E-state index contributed by atoms with van der Waals surface area (Å²) < 4.78 is 0. The first-order chi connectivity index (χ1) is 21.3. The Balaban J connectivity index is 1.27. The molecule has 3 rings (SSSR count). The van der Waals surface area contributed by atoms with Crippen molar-refractivity contribution < 1.29 is 0 Å². The van der Waals surface area contributed by atoms with Crippen molar-refractivity contribution in [3.63, 3.8) is 0 Å². The molecule has 0 radical (unpaired) electrons. The van der Waals surface area contributed by atoms with Gasteiger partial charge in [-0.05, 0) is 60.1 Å². The van der Waals surface area contributed by atoms with Gasteiger partial charge in [-0.3, -0.25) is 0 Å². The topological polar surface area (TPSA) is 24.1 Å². The second kappa shape index (κ2) is 23.1. The minimum atomic E-state index is 0.217. The van der Waals surface area contributed by atoms with E-state index >= 15 is 0 Å². The summed E-state index contributed by atoms with van der Waals surface area (Å²) in [6.07, 6.45) is 37.1. The van der Waals surface area contributed by atoms with Gasteiger partial charge < -0.3 is 5.43 Å². The van der Waals surface area contributed by atoms with Gasteiger partial charge in [-0.25, -0.2) is 5.43 Å². The van der Waals surface area contributed by atoms with Crippen LogP contribution in [0.1, 0.15) is 171 Å². The molecule has 1 atom stereocenters. The fraction of sp³-hybridized carbons (Fsp3) is 0.610. The number of hydrogen-bond acceptors (Lipinski definition) is 2. The summed E-state index contributed by atoms with van der Waals surface area (Å²) in [5.74, 6) is 0. The smallest absolute Gasteiger partial charge is 0.0714 e. The Morgan fingerprint density at radius 2 is 0.907 bits per heavy atom. The zero-order valence-electron chi connectivity index (χ0n) is 28.0. The first-order valence-electron chi connectivity index (χ1n) is 18.4. The number of nitrogens with one attached hydrogen (secondary N) is 2. The molecule has 2 N–H and O–H groups in total. The second-order valence-electron chi connectivity index (χ2n) is 13.0. The average Bonchev–Trinajstić information content (AvgIpc) is 3.52. The lowest BCUT2D eigenvalue weighted by atomic mass is 10.0. The molecule has 1 unspecified atom stereocenters. The Bertz CT molecular complexity index is 1000. The Hall–Kier alpha value is -2.32.